The minimum absolute atomic E-state index is 0.898. The van der Waals surface area contributed by atoms with Gasteiger partial charge < -0.3 is 9.32 Å². The van der Waals surface area contributed by atoms with Gasteiger partial charge in [0, 0.05) is 47.9 Å². The van der Waals surface area contributed by atoms with Gasteiger partial charge in [0.25, 0.3) is 0 Å². The molecule has 0 atom stereocenters. The van der Waals surface area contributed by atoms with Gasteiger partial charge in [0.1, 0.15) is 11.2 Å². The Morgan fingerprint density at radius 1 is 0.323 bits per heavy atom. The van der Waals surface area contributed by atoms with Crippen molar-refractivity contribution in [2.45, 2.75) is 0 Å². The molecule has 0 radical (unpaired) electrons. The Hall–Kier alpha value is -8.24. The molecule has 0 saturated carbocycles. The number of thiophene rings is 1. The van der Waals surface area contributed by atoms with Gasteiger partial charge in [-0.25, -0.2) is 0 Å². The van der Waals surface area contributed by atoms with Gasteiger partial charge in [-0.05, 0) is 115 Å². The summed E-state index contributed by atoms with van der Waals surface area (Å²) in [5.74, 6) is 0. The molecule has 0 amide bonds. The fourth-order valence-corrected chi connectivity index (χ4v) is 11.3. The van der Waals surface area contributed by atoms with E-state index in [2.05, 4.69) is 235 Å². The van der Waals surface area contributed by atoms with Crippen LogP contribution in [-0.4, -0.2) is 0 Å². The van der Waals surface area contributed by atoms with E-state index < -0.39 is 0 Å². The Bertz CT molecular complexity index is 3950. The molecule has 11 aromatic carbocycles. The van der Waals surface area contributed by atoms with E-state index in [1.165, 1.54) is 80.7 Å². The molecule has 0 aliphatic rings. The number of anilines is 3. The lowest BCUT2D eigenvalue weighted by atomic mass is 9.92. The number of rotatable bonds is 7. The first-order valence-electron chi connectivity index (χ1n) is 22.2. The molecular formula is C62H39NOS. The summed E-state index contributed by atoms with van der Waals surface area (Å²) in [5.41, 5.74) is 14.7. The number of nitrogens with zero attached hydrogens (tertiary/aromatic N) is 1. The molecule has 3 heteroatoms. The van der Waals surface area contributed by atoms with E-state index in [0.29, 0.717) is 0 Å². The van der Waals surface area contributed by atoms with E-state index in [4.69, 9.17) is 4.42 Å². The minimum atomic E-state index is 0.898. The van der Waals surface area contributed by atoms with E-state index in [1.807, 2.05) is 17.4 Å². The summed E-state index contributed by atoms with van der Waals surface area (Å²) in [7, 11) is 0. The van der Waals surface area contributed by atoms with Crippen LogP contribution in [0, 0.1) is 0 Å². The first kappa shape index (κ1) is 37.3. The maximum absolute atomic E-state index is 6.33. The minimum Gasteiger partial charge on any atom is -0.456 e. The Labute approximate surface area is 380 Å². The summed E-state index contributed by atoms with van der Waals surface area (Å²) in [6.07, 6.45) is 0. The van der Waals surface area contributed by atoms with Crippen molar-refractivity contribution in [1.82, 2.24) is 0 Å². The number of fused-ring (bicyclic) bond motifs is 8. The van der Waals surface area contributed by atoms with Gasteiger partial charge in [0.2, 0.25) is 0 Å². The monoisotopic (exact) mass is 845 g/mol. The largest absolute Gasteiger partial charge is 0.456 e. The average Bonchev–Trinajstić information content (AvgIpc) is 3.96. The Balaban J connectivity index is 0.988. The Morgan fingerprint density at radius 3 is 1.74 bits per heavy atom. The van der Waals surface area contributed by atoms with Gasteiger partial charge in [0.05, 0.1) is 5.69 Å². The Morgan fingerprint density at radius 2 is 0.908 bits per heavy atom. The zero-order valence-electron chi connectivity index (χ0n) is 35.3. The predicted octanol–water partition coefficient (Wildman–Crippen LogP) is 18.4. The normalized spacial score (nSPS) is 11.7. The van der Waals surface area contributed by atoms with Gasteiger partial charge >= 0.3 is 0 Å². The predicted molar refractivity (Wildman–Crippen MR) is 278 cm³/mol. The second kappa shape index (κ2) is 15.2. The number of furan rings is 1. The highest BCUT2D eigenvalue weighted by Gasteiger charge is 2.23. The first-order valence-corrected chi connectivity index (χ1v) is 23.0. The third-order valence-electron chi connectivity index (χ3n) is 13.1. The SMILES string of the molecule is c1ccc(-c2cccc3oc4ccccc4c23)c(-c2ccc(N(c3ccc(-c4ccc5ccccc5c4)cc3)c3ccc(-c4cccc5ccccc45)c4sc5ccccc5c34)cc2)c1. The standard InChI is InChI=1S/C62H39NOS/c1-2-15-44-39-45(28-27-40(44)13-1)41-29-33-46(34-30-41)63(56-38-37-53(51-22-11-16-42-14-3-4-17-48(42)51)62-61(56)55-21-8-10-26-59(55)65-62)47-35-31-43(32-36-47)49-18-5-6-19-50(49)52-23-12-25-58-60(52)54-20-7-9-24-57(54)64-58/h1-39H. The summed E-state index contributed by atoms with van der Waals surface area (Å²) in [6.45, 7) is 0. The highest BCUT2D eigenvalue weighted by atomic mass is 32.1. The van der Waals surface area contributed by atoms with Gasteiger partial charge in [0.15, 0.2) is 0 Å². The first-order chi connectivity index (χ1) is 32.2. The molecule has 0 aliphatic heterocycles. The lowest BCUT2D eigenvalue weighted by molar-refractivity contribution is 0.669. The van der Waals surface area contributed by atoms with Crippen molar-refractivity contribution in [3.8, 4) is 44.5 Å². The van der Waals surface area contributed by atoms with Gasteiger partial charge in [-0.3, -0.25) is 0 Å². The second-order valence-corrected chi connectivity index (χ2v) is 17.8. The fourth-order valence-electron chi connectivity index (χ4n) is 10.0. The lowest BCUT2D eigenvalue weighted by Crippen LogP contribution is -2.10. The molecule has 0 bridgehead atoms. The maximum atomic E-state index is 6.33. The Kier molecular flexibility index (Phi) is 8.75. The number of hydrogen-bond donors (Lipinski definition) is 0. The van der Waals surface area contributed by atoms with Gasteiger partial charge in [-0.15, -0.1) is 11.3 Å². The molecule has 13 rings (SSSR count). The van der Waals surface area contributed by atoms with E-state index in [1.54, 1.807) is 0 Å². The van der Waals surface area contributed by atoms with Crippen molar-refractivity contribution in [1.29, 1.82) is 0 Å². The number of benzene rings is 11. The molecule has 0 N–H and O–H groups in total. The summed E-state index contributed by atoms with van der Waals surface area (Å²) in [6, 6.07) is 86.0. The van der Waals surface area contributed by atoms with Crippen LogP contribution in [0.3, 0.4) is 0 Å². The van der Waals surface area contributed by atoms with Crippen LogP contribution >= 0.6 is 11.3 Å². The fraction of sp³-hybridized carbons (Fsp3) is 0. The van der Waals surface area contributed by atoms with Gasteiger partial charge in [-0.2, -0.15) is 0 Å². The van der Waals surface area contributed by atoms with Crippen molar-refractivity contribution in [3.63, 3.8) is 0 Å². The van der Waals surface area contributed by atoms with Crippen LogP contribution in [0.4, 0.5) is 17.1 Å². The van der Waals surface area contributed by atoms with Crippen molar-refractivity contribution < 1.29 is 4.42 Å². The summed E-state index contributed by atoms with van der Waals surface area (Å²) in [4.78, 5) is 2.45. The van der Waals surface area contributed by atoms with Crippen LogP contribution in [0.1, 0.15) is 0 Å². The number of hydrogen-bond acceptors (Lipinski definition) is 3. The summed E-state index contributed by atoms with van der Waals surface area (Å²) < 4.78 is 8.89. The smallest absolute Gasteiger partial charge is 0.136 e. The molecule has 13 aromatic rings. The van der Waals surface area contributed by atoms with E-state index in [-0.39, 0.29) is 0 Å². The third-order valence-corrected chi connectivity index (χ3v) is 14.3. The third kappa shape index (κ3) is 6.24. The second-order valence-electron chi connectivity index (χ2n) is 16.8. The van der Waals surface area contributed by atoms with Crippen molar-refractivity contribution in [2.24, 2.45) is 0 Å². The van der Waals surface area contributed by atoms with Crippen LogP contribution in [-0.2, 0) is 0 Å². The van der Waals surface area contributed by atoms with Crippen molar-refractivity contribution >= 4 is 92.1 Å². The molecule has 2 heterocycles. The molecule has 2 nitrogen and oxygen atoms in total. The molecule has 2 aromatic heterocycles. The van der Waals surface area contributed by atoms with Crippen LogP contribution < -0.4 is 4.90 Å². The molecule has 304 valence electrons. The topological polar surface area (TPSA) is 16.4 Å². The molecule has 0 unspecified atom stereocenters. The van der Waals surface area contributed by atoms with Crippen LogP contribution in [0.2, 0.25) is 0 Å². The van der Waals surface area contributed by atoms with Crippen molar-refractivity contribution in [3.05, 3.63) is 237 Å². The zero-order chi connectivity index (χ0) is 42.8. The van der Waals surface area contributed by atoms with Crippen molar-refractivity contribution in [2.75, 3.05) is 4.90 Å². The molecule has 0 spiro atoms. The molecule has 0 fully saturated rings. The van der Waals surface area contributed by atoms with E-state index in [9.17, 15) is 0 Å². The average molecular weight is 846 g/mol. The van der Waals surface area contributed by atoms with Crippen LogP contribution in [0.5, 0.6) is 0 Å². The molecular weight excluding hydrogens is 807 g/mol. The zero-order valence-corrected chi connectivity index (χ0v) is 36.1. The van der Waals surface area contributed by atoms with Gasteiger partial charge in [-0.1, -0.05) is 182 Å². The van der Waals surface area contributed by atoms with E-state index >= 15 is 0 Å². The summed E-state index contributed by atoms with van der Waals surface area (Å²) >= 11 is 1.88. The molecule has 65 heavy (non-hydrogen) atoms. The lowest BCUT2D eigenvalue weighted by Gasteiger charge is -2.27. The van der Waals surface area contributed by atoms with Crippen LogP contribution in [0.15, 0.2) is 241 Å². The quantitative estimate of drug-likeness (QED) is 0.159. The highest BCUT2D eigenvalue weighted by Crippen LogP contribution is 2.50. The molecule has 0 saturated heterocycles. The van der Waals surface area contributed by atoms with Crippen LogP contribution in [0.25, 0.3) is 108 Å². The highest BCUT2D eigenvalue weighted by molar-refractivity contribution is 7.26. The maximum Gasteiger partial charge on any atom is 0.136 e. The molecule has 0 aliphatic carbocycles. The van der Waals surface area contributed by atoms with E-state index in [0.717, 1.165) is 44.6 Å². The summed E-state index contributed by atoms with van der Waals surface area (Å²) in [5, 5.41) is 9.77. The number of para-hydroxylation sites is 1.